The highest BCUT2D eigenvalue weighted by atomic mass is 35.5. The van der Waals surface area contributed by atoms with Crippen LogP contribution in [-0.4, -0.2) is 31.9 Å². The standard InChI is InChI=1S/C22H19Cl2N3O5S/c23-18-10-5-14(11-19(18)24)12-25-22(30)17-3-1-2-4-20(17)33(31,32)26-13-21(29)27-15-6-8-16(28)9-7-15/h1-11,26,28H,12-13H2,(H,25,30)(H,27,29). The molecular formula is C22H19Cl2N3O5S. The van der Waals surface area contributed by atoms with Crippen molar-refractivity contribution in [3.05, 3.63) is 87.9 Å². The van der Waals surface area contributed by atoms with Gasteiger partial charge in [-0.2, -0.15) is 0 Å². The smallest absolute Gasteiger partial charge is 0.252 e. The predicted octanol–water partition coefficient (Wildman–Crippen LogP) is 3.55. The van der Waals surface area contributed by atoms with Gasteiger partial charge in [0, 0.05) is 12.2 Å². The molecule has 0 saturated carbocycles. The highest BCUT2D eigenvalue weighted by molar-refractivity contribution is 7.89. The van der Waals surface area contributed by atoms with E-state index in [0.717, 1.165) is 0 Å². The van der Waals surface area contributed by atoms with Crippen molar-refractivity contribution in [1.82, 2.24) is 10.0 Å². The molecule has 11 heteroatoms. The van der Waals surface area contributed by atoms with Crippen molar-refractivity contribution >= 4 is 50.7 Å². The molecule has 0 aliphatic rings. The summed E-state index contributed by atoms with van der Waals surface area (Å²) in [5, 5.41) is 15.1. The average molecular weight is 508 g/mol. The molecule has 4 N–H and O–H groups in total. The van der Waals surface area contributed by atoms with E-state index in [0.29, 0.717) is 21.3 Å². The Morgan fingerprint density at radius 1 is 0.909 bits per heavy atom. The number of anilines is 1. The number of sulfonamides is 1. The molecule has 0 unspecified atom stereocenters. The molecule has 0 heterocycles. The average Bonchev–Trinajstić information content (AvgIpc) is 2.80. The third-order valence-corrected chi connectivity index (χ3v) is 6.63. The monoisotopic (exact) mass is 507 g/mol. The molecule has 0 aliphatic carbocycles. The van der Waals surface area contributed by atoms with Crippen LogP contribution in [0, 0.1) is 0 Å². The second kappa shape index (κ2) is 10.7. The minimum absolute atomic E-state index is 0.0303. The van der Waals surface area contributed by atoms with Gasteiger partial charge in [0.2, 0.25) is 15.9 Å². The van der Waals surface area contributed by atoms with Crippen LogP contribution < -0.4 is 15.4 Å². The Hall–Kier alpha value is -3.11. The van der Waals surface area contributed by atoms with Gasteiger partial charge in [0.25, 0.3) is 5.91 Å². The van der Waals surface area contributed by atoms with Crippen molar-refractivity contribution < 1.29 is 23.1 Å². The fourth-order valence-corrected chi connectivity index (χ4v) is 4.31. The zero-order valence-electron chi connectivity index (χ0n) is 17.0. The first-order chi connectivity index (χ1) is 15.7. The van der Waals surface area contributed by atoms with Crippen molar-refractivity contribution in [2.45, 2.75) is 11.4 Å². The van der Waals surface area contributed by atoms with E-state index < -0.39 is 28.4 Å². The van der Waals surface area contributed by atoms with Gasteiger partial charge >= 0.3 is 0 Å². The third kappa shape index (κ3) is 6.69. The summed E-state index contributed by atoms with van der Waals surface area (Å²) in [5.74, 6) is -1.20. The molecule has 3 aromatic rings. The highest BCUT2D eigenvalue weighted by Gasteiger charge is 2.22. The van der Waals surface area contributed by atoms with Crippen LogP contribution in [0.2, 0.25) is 10.0 Å². The number of hydrogen-bond donors (Lipinski definition) is 4. The number of amides is 2. The molecule has 0 atom stereocenters. The van der Waals surface area contributed by atoms with Gasteiger partial charge in [-0.05, 0) is 54.1 Å². The summed E-state index contributed by atoms with van der Waals surface area (Å²) < 4.78 is 27.7. The Balaban J connectivity index is 1.66. The summed E-state index contributed by atoms with van der Waals surface area (Å²) >= 11 is 11.9. The highest BCUT2D eigenvalue weighted by Crippen LogP contribution is 2.23. The van der Waals surface area contributed by atoms with Crippen molar-refractivity contribution in [3.8, 4) is 5.75 Å². The summed E-state index contributed by atoms with van der Waals surface area (Å²) in [5.41, 5.74) is 0.991. The SMILES string of the molecule is O=C(CNS(=O)(=O)c1ccccc1C(=O)NCc1ccc(Cl)c(Cl)c1)Nc1ccc(O)cc1. The fraction of sp³-hybridized carbons (Fsp3) is 0.0909. The topological polar surface area (TPSA) is 125 Å². The van der Waals surface area contributed by atoms with Crippen LogP contribution in [-0.2, 0) is 21.4 Å². The third-order valence-electron chi connectivity index (χ3n) is 4.43. The van der Waals surface area contributed by atoms with Gasteiger partial charge in [0.05, 0.1) is 27.0 Å². The maximum atomic E-state index is 12.8. The lowest BCUT2D eigenvalue weighted by Gasteiger charge is -2.12. The van der Waals surface area contributed by atoms with Crippen LogP contribution in [0.4, 0.5) is 5.69 Å². The number of carbonyl (C=O) groups excluding carboxylic acids is 2. The van der Waals surface area contributed by atoms with Gasteiger partial charge in [0.1, 0.15) is 5.75 Å². The fourth-order valence-electron chi connectivity index (χ4n) is 2.80. The van der Waals surface area contributed by atoms with Crippen LogP contribution in [0.3, 0.4) is 0 Å². The van der Waals surface area contributed by atoms with E-state index in [2.05, 4.69) is 15.4 Å². The second-order valence-corrected chi connectivity index (χ2v) is 9.40. The van der Waals surface area contributed by atoms with Gasteiger partial charge in [-0.1, -0.05) is 41.4 Å². The molecule has 0 fully saturated rings. The zero-order valence-corrected chi connectivity index (χ0v) is 19.3. The van der Waals surface area contributed by atoms with E-state index in [-0.39, 0.29) is 22.8 Å². The summed E-state index contributed by atoms with van der Waals surface area (Å²) in [4.78, 5) is 24.5. The molecule has 2 amide bonds. The van der Waals surface area contributed by atoms with E-state index >= 15 is 0 Å². The minimum atomic E-state index is -4.18. The summed E-state index contributed by atoms with van der Waals surface area (Å²) in [6, 6.07) is 16.2. The molecule has 0 aromatic heterocycles. The van der Waals surface area contributed by atoms with E-state index in [1.54, 1.807) is 18.2 Å². The van der Waals surface area contributed by atoms with Gasteiger partial charge in [-0.15, -0.1) is 0 Å². The van der Waals surface area contributed by atoms with Crippen LogP contribution in [0.15, 0.2) is 71.6 Å². The number of benzene rings is 3. The molecule has 172 valence electrons. The Kier molecular flexibility index (Phi) is 7.93. The lowest BCUT2D eigenvalue weighted by molar-refractivity contribution is -0.115. The Morgan fingerprint density at radius 2 is 1.61 bits per heavy atom. The zero-order chi connectivity index (χ0) is 24.0. The first-order valence-corrected chi connectivity index (χ1v) is 11.8. The number of halogens is 2. The van der Waals surface area contributed by atoms with E-state index in [4.69, 9.17) is 23.2 Å². The van der Waals surface area contributed by atoms with E-state index in [9.17, 15) is 23.1 Å². The van der Waals surface area contributed by atoms with Gasteiger partial charge in [0.15, 0.2) is 0 Å². The maximum Gasteiger partial charge on any atom is 0.252 e. The van der Waals surface area contributed by atoms with E-state index in [1.165, 1.54) is 48.5 Å². The van der Waals surface area contributed by atoms with Crippen molar-refractivity contribution in [2.24, 2.45) is 0 Å². The molecule has 0 bridgehead atoms. The van der Waals surface area contributed by atoms with Gasteiger partial charge < -0.3 is 15.7 Å². The number of rotatable bonds is 8. The number of aromatic hydroxyl groups is 1. The number of carbonyl (C=O) groups is 2. The van der Waals surface area contributed by atoms with Gasteiger partial charge in [-0.25, -0.2) is 13.1 Å². The number of hydrogen-bond acceptors (Lipinski definition) is 5. The largest absolute Gasteiger partial charge is 0.508 e. The normalized spacial score (nSPS) is 11.1. The van der Waals surface area contributed by atoms with E-state index in [1.807, 2.05) is 0 Å². The number of phenols is 1. The van der Waals surface area contributed by atoms with Crippen molar-refractivity contribution in [1.29, 1.82) is 0 Å². The summed E-state index contributed by atoms with van der Waals surface area (Å²) in [6.07, 6.45) is 0. The molecule has 8 nitrogen and oxygen atoms in total. The number of phenolic OH excluding ortho intramolecular Hbond substituents is 1. The number of nitrogens with one attached hydrogen (secondary N) is 3. The van der Waals surface area contributed by atoms with Gasteiger partial charge in [-0.3, -0.25) is 9.59 Å². The summed E-state index contributed by atoms with van der Waals surface area (Å²) in [7, 11) is -4.18. The quantitative estimate of drug-likeness (QED) is 0.347. The molecule has 33 heavy (non-hydrogen) atoms. The molecule has 0 saturated heterocycles. The first kappa shape index (κ1) is 24.5. The van der Waals surface area contributed by atoms with Crippen molar-refractivity contribution in [2.75, 3.05) is 11.9 Å². The predicted molar refractivity (Wildman–Crippen MR) is 126 cm³/mol. The van der Waals surface area contributed by atoms with Crippen LogP contribution in [0.25, 0.3) is 0 Å². The second-order valence-electron chi connectivity index (χ2n) is 6.85. The Morgan fingerprint density at radius 3 is 2.30 bits per heavy atom. The molecule has 3 aromatic carbocycles. The molecule has 3 rings (SSSR count). The Bertz CT molecular complexity index is 1280. The van der Waals surface area contributed by atoms with Crippen molar-refractivity contribution in [3.63, 3.8) is 0 Å². The van der Waals surface area contributed by atoms with Crippen LogP contribution >= 0.6 is 23.2 Å². The maximum absolute atomic E-state index is 12.8. The molecule has 0 radical (unpaired) electrons. The van der Waals surface area contributed by atoms with Crippen LogP contribution in [0.1, 0.15) is 15.9 Å². The molecular weight excluding hydrogens is 489 g/mol. The summed E-state index contributed by atoms with van der Waals surface area (Å²) in [6.45, 7) is -0.449. The lowest BCUT2D eigenvalue weighted by Crippen LogP contribution is -2.34. The van der Waals surface area contributed by atoms with Crippen LogP contribution in [0.5, 0.6) is 5.75 Å². The Labute approximate surface area is 200 Å². The molecule has 0 spiro atoms. The minimum Gasteiger partial charge on any atom is -0.508 e. The lowest BCUT2D eigenvalue weighted by atomic mass is 10.2. The molecule has 0 aliphatic heterocycles. The first-order valence-electron chi connectivity index (χ1n) is 9.55.